The van der Waals surface area contributed by atoms with Crippen molar-refractivity contribution >= 4 is 12.4 Å². The van der Waals surface area contributed by atoms with Crippen LogP contribution in [0.5, 0.6) is 0 Å². The standard InChI is InChI=1S/C23H28FN.ClH/c24-22-12-10-21(11-13-22)23(20-4-2-1-3-5-20)14-15-25-16-18-6-7-19(17-25)9-8-18;/h1-5,10-13,18-19,23H,6-9,14-17H2;1H. The third-order valence-corrected chi connectivity index (χ3v) is 6.21. The van der Waals surface area contributed by atoms with Crippen LogP contribution in [-0.2, 0) is 0 Å². The third kappa shape index (κ3) is 4.66. The Hall–Kier alpha value is -1.38. The van der Waals surface area contributed by atoms with Crippen LogP contribution in [0.4, 0.5) is 4.39 Å². The first-order valence-corrected chi connectivity index (χ1v) is 9.80. The summed E-state index contributed by atoms with van der Waals surface area (Å²) in [5.41, 5.74) is 2.57. The van der Waals surface area contributed by atoms with Gasteiger partial charge in [0.1, 0.15) is 5.82 Å². The van der Waals surface area contributed by atoms with E-state index < -0.39 is 0 Å². The van der Waals surface area contributed by atoms with Crippen molar-refractivity contribution < 1.29 is 4.39 Å². The zero-order valence-electron chi connectivity index (χ0n) is 15.3. The summed E-state index contributed by atoms with van der Waals surface area (Å²) in [6.45, 7) is 3.70. The first-order chi connectivity index (χ1) is 12.3. The second-order valence-corrected chi connectivity index (χ2v) is 7.95. The number of fused-ring (bicyclic) bond motifs is 4. The average molecular weight is 374 g/mol. The van der Waals surface area contributed by atoms with Crippen molar-refractivity contribution in [2.24, 2.45) is 11.8 Å². The molecule has 2 aliphatic heterocycles. The SMILES string of the molecule is Cl.Fc1ccc(C(CCN2CC3CCC(CC3)C2)c2ccccc2)cc1. The highest BCUT2D eigenvalue weighted by Crippen LogP contribution is 2.35. The molecule has 1 unspecified atom stereocenters. The number of hydrogen-bond acceptors (Lipinski definition) is 1. The van der Waals surface area contributed by atoms with Crippen molar-refractivity contribution in [3.63, 3.8) is 0 Å². The lowest BCUT2D eigenvalue weighted by Crippen LogP contribution is -2.30. The van der Waals surface area contributed by atoms with E-state index >= 15 is 0 Å². The smallest absolute Gasteiger partial charge is 0.123 e. The normalized spacial score (nSPS) is 23.9. The number of hydrogen-bond donors (Lipinski definition) is 0. The Morgan fingerprint density at radius 1 is 0.808 bits per heavy atom. The first-order valence-electron chi connectivity index (χ1n) is 9.80. The largest absolute Gasteiger partial charge is 0.303 e. The highest BCUT2D eigenvalue weighted by Gasteiger charge is 2.29. The van der Waals surface area contributed by atoms with Crippen molar-refractivity contribution in [3.05, 3.63) is 71.5 Å². The van der Waals surface area contributed by atoms with Gasteiger partial charge in [0, 0.05) is 19.0 Å². The Morgan fingerprint density at radius 3 is 1.92 bits per heavy atom. The summed E-state index contributed by atoms with van der Waals surface area (Å²) in [4.78, 5) is 2.70. The monoisotopic (exact) mass is 373 g/mol. The molecule has 2 bridgehead atoms. The van der Waals surface area contributed by atoms with Gasteiger partial charge < -0.3 is 4.90 Å². The number of rotatable bonds is 5. The Bertz CT molecular complexity index is 650. The molecule has 0 radical (unpaired) electrons. The van der Waals surface area contributed by atoms with Crippen molar-refractivity contribution in [1.29, 1.82) is 0 Å². The second-order valence-electron chi connectivity index (χ2n) is 7.95. The molecule has 3 heteroatoms. The minimum atomic E-state index is -0.153. The van der Waals surface area contributed by atoms with Crippen LogP contribution in [0, 0.1) is 17.7 Å². The van der Waals surface area contributed by atoms with Gasteiger partial charge in [0.2, 0.25) is 0 Å². The Kier molecular flexibility index (Phi) is 6.72. The molecule has 140 valence electrons. The van der Waals surface area contributed by atoms with Crippen LogP contribution in [0.1, 0.15) is 49.1 Å². The Balaban J connectivity index is 0.00000196. The second kappa shape index (κ2) is 9.01. The maximum Gasteiger partial charge on any atom is 0.123 e. The van der Waals surface area contributed by atoms with E-state index in [0.29, 0.717) is 5.92 Å². The number of halogens is 2. The molecule has 26 heavy (non-hydrogen) atoms. The van der Waals surface area contributed by atoms with Gasteiger partial charge in [0.05, 0.1) is 0 Å². The molecule has 1 atom stereocenters. The minimum Gasteiger partial charge on any atom is -0.303 e. The molecule has 5 rings (SSSR count). The highest BCUT2D eigenvalue weighted by molar-refractivity contribution is 5.85. The van der Waals surface area contributed by atoms with Crippen molar-refractivity contribution in [2.75, 3.05) is 19.6 Å². The van der Waals surface area contributed by atoms with Gasteiger partial charge in [-0.25, -0.2) is 4.39 Å². The molecular weight excluding hydrogens is 345 g/mol. The van der Waals surface area contributed by atoms with Gasteiger partial charge in [-0.2, -0.15) is 0 Å². The van der Waals surface area contributed by atoms with E-state index in [1.165, 1.54) is 49.9 Å². The van der Waals surface area contributed by atoms with E-state index in [9.17, 15) is 4.39 Å². The summed E-state index contributed by atoms with van der Waals surface area (Å²) in [6, 6.07) is 17.8. The van der Waals surface area contributed by atoms with Gasteiger partial charge in [-0.3, -0.25) is 0 Å². The van der Waals surface area contributed by atoms with E-state index in [1.807, 2.05) is 12.1 Å². The summed E-state index contributed by atoms with van der Waals surface area (Å²) in [6.07, 6.45) is 6.83. The van der Waals surface area contributed by atoms with Crippen LogP contribution in [0.2, 0.25) is 0 Å². The maximum atomic E-state index is 13.4. The fraction of sp³-hybridized carbons (Fsp3) is 0.478. The zero-order chi connectivity index (χ0) is 17.1. The molecule has 1 aliphatic carbocycles. The van der Waals surface area contributed by atoms with Gasteiger partial charge in [-0.05, 0) is 73.7 Å². The summed E-state index contributed by atoms with van der Waals surface area (Å²) >= 11 is 0. The summed E-state index contributed by atoms with van der Waals surface area (Å²) in [5, 5.41) is 0. The lowest BCUT2D eigenvalue weighted by molar-refractivity contribution is 0.246. The lowest BCUT2D eigenvalue weighted by Gasteiger charge is -2.26. The van der Waals surface area contributed by atoms with E-state index in [2.05, 4.69) is 35.2 Å². The van der Waals surface area contributed by atoms with Crippen molar-refractivity contribution in [3.8, 4) is 0 Å². The van der Waals surface area contributed by atoms with E-state index in [1.54, 1.807) is 12.1 Å². The molecule has 0 N–H and O–H groups in total. The first kappa shape index (κ1) is 19.4. The van der Waals surface area contributed by atoms with E-state index in [4.69, 9.17) is 0 Å². The topological polar surface area (TPSA) is 3.24 Å². The third-order valence-electron chi connectivity index (χ3n) is 6.21. The Morgan fingerprint density at radius 2 is 1.35 bits per heavy atom. The fourth-order valence-electron chi connectivity index (χ4n) is 4.80. The zero-order valence-corrected chi connectivity index (χ0v) is 16.1. The molecule has 0 aromatic heterocycles. The van der Waals surface area contributed by atoms with Crippen LogP contribution in [-0.4, -0.2) is 24.5 Å². The molecule has 3 aliphatic rings. The van der Waals surface area contributed by atoms with Gasteiger partial charge in [-0.1, -0.05) is 42.5 Å². The molecule has 1 saturated carbocycles. The predicted molar refractivity (Wildman–Crippen MR) is 108 cm³/mol. The van der Waals surface area contributed by atoms with E-state index in [-0.39, 0.29) is 18.2 Å². The van der Waals surface area contributed by atoms with Gasteiger partial charge in [0.15, 0.2) is 0 Å². The molecule has 1 nitrogen and oxygen atoms in total. The van der Waals surface area contributed by atoms with Crippen LogP contribution in [0.25, 0.3) is 0 Å². The van der Waals surface area contributed by atoms with Crippen molar-refractivity contribution in [2.45, 2.75) is 38.0 Å². The van der Waals surface area contributed by atoms with Crippen LogP contribution in [0.15, 0.2) is 54.6 Å². The van der Waals surface area contributed by atoms with Crippen LogP contribution < -0.4 is 0 Å². The summed E-state index contributed by atoms with van der Waals surface area (Å²) < 4.78 is 13.4. The van der Waals surface area contributed by atoms with Crippen LogP contribution >= 0.6 is 12.4 Å². The number of benzene rings is 2. The maximum absolute atomic E-state index is 13.4. The summed E-state index contributed by atoms with van der Waals surface area (Å²) in [5.74, 6) is 2.03. The lowest BCUT2D eigenvalue weighted by atomic mass is 9.84. The fourth-order valence-corrected chi connectivity index (χ4v) is 4.80. The van der Waals surface area contributed by atoms with Gasteiger partial charge in [-0.15, -0.1) is 12.4 Å². The molecule has 0 amide bonds. The molecule has 2 heterocycles. The molecule has 2 saturated heterocycles. The molecular formula is C23H29ClFN. The quantitative estimate of drug-likeness (QED) is 0.631. The average Bonchev–Trinajstić information content (AvgIpc) is 2.97. The van der Waals surface area contributed by atoms with Gasteiger partial charge in [0.25, 0.3) is 0 Å². The molecule has 0 spiro atoms. The molecule has 2 aromatic carbocycles. The van der Waals surface area contributed by atoms with Crippen molar-refractivity contribution in [1.82, 2.24) is 4.90 Å². The number of nitrogens with zero attached hydrogens (tertiary/aromatic N) is 1. The predicted octanol–water partition coefficient (Wildman–Crippen LogP) is 5.89. The molecule has 2 aromatic rings. The van der Waals surface area contributed by atoms with Crippen LogP contribution in [0.3, 0.4) is 0 Å². The van der Waals surface area contributed by atoms with E-state index in [0.717, 1.165) is 24.8 Å². The molecule has 3 fully saturated rings. The summed E-state index contributed by atoms with van der Waals surface area (Å²) in [7, 11) is 0. The van der Waals surface area contributed by atoms with Gasteiger partial charge >= 0.3 is 0 Å². The highest BCUT2D eigenvalue weighted by atomic mass is 35.5. The Labute approximate surface area is 163 Å². The minimum absolute atomic E-state index is 0.